The van der Waals surface area contributed by atoms with E-state index < -0.39 is 9.84 Å². The Kier molecular flexibility index (Phi) is 6.56. The Balaban J connectivity index is 1.77. The second kappa shape index (κ2) is 8.72. The highest BCUT2D eigenvalue weighted by Gasteiger charge is 2.35. The molecule has 0 radical (unpaired) electrons. The van der Waals surface area contributed by atoms with Crippen molar-refractivity contribution in [1.29, 1.82) is 0 Å². The first kappa shape index (κ1) is 20.3. The minimum atomic E-state index is -3.03. The van der Waals surface area contributed by atoms with Crippen LogP contribution in [0.4, 0.5) is 4.39 Å². The summed E-state index contributed by atoms with van der Waals surface area (Å²) in [6, 6.07) is 6.34. The monoisotopic (exact) mass is 395 g/mol. The van der Waals surface area contributed by atoms with E-state index >= 15 is 0 Å². The summed E-state index contributed by atoms with van der Waals surface area (Å²) in [5.74, 6) is 0.519. The number of carbonyl (C=O) groups is 1. The number of sulfone groups is 1. The van der Waals surface area contributed by atoms with Crippen molar-refractivity contribution in [1.82, 2.24) is 4.90 Å². The van der Waals surface area contributed by atoms with Crippen molar-refractivity contribution in [3.05, 3.63) is 35.6 Å². The molecule has 1 aliphatic heterocycles. The van der Waals surface area contributed by atoms with Gasteiger partial charge in [0.15, 0.2) is 9.84 Å². The third kappa shape index (κ3) is 5.09. The summed E-state index contributed by atoms with van der Waals surface area (Å²) in [5.41, 5.74) is 1.02. The van der Waals surface area contributed by atoms with Crippen molar-refractivity contribution in [3.63, 3.8) is 0 Å². The van der Waals surface area contributed by atoms with Crippen molar-refractivity contribution in [2.24, 2.45) is 5.92 Å². The Labute approximate surface area is 162 Å². The Morgan fingerprint density at radius 3 is 2.37 bits per heavy atom. The predicted octanol–water partition coefficient (Wildman–Crippen LogP) is 3.92. The molecule has 2 atom stereocenters. The molecule has 0 bridgehead atoms. The lowest BCUT2D eigenvalue weighted by Gasteiger charge is -2.33. The smallest absolute Gasteiger partial charge is 0.223 e. The van der Waals surface area contributed by atoms with E-state index in [-0.39, 0.29) is 35.2 Å². The second-order valence-corrected chi connectivity index (χ2v) is 10.2. The van der Waals surface area contributed by atoms with Gasteiger partial charge in [0.05, 0.1) is 11.5 Å². The minimum Gasteiger partial charge on any atom is -0.339 e. The first-order valence-electron chi connectivity index (χ1n) is 10.1. The van der Waals surface area contributed by atoms with Gasteiger partial charge in [0.25, 0.3) is 0 Å². The van der Waals surface area contributed by atoms with Gasteiger partial charge in [-0.25, -0.2) is 12.8 Å². The number of benzene rings is 1. The molecule has 1 aliphatic carbocycles. The highest BCUT2D eigenvalue weighted by atomic mass is 32.2. The van der Waals surface area contributed by atoms with Gasteiger partial charge in [-0.1, -0.05) is 31.4 Å². The molecule has 1 saturated heterocycles. The number of carbonyl (C=O) groups excluding carboxylic acids is 1. The van der Waals surface area contributed by atoms with E-state index in [0.717, 1.165) is 18.4 Å². The van der Waals surface area contributed by atoms with E-state index in [2.05, 4.69) is 0 Å². The van der Waals surface area contributed by atoms with Crippen molar-refractivity contribution in [3.8, 4) is 0 Å². The number of nitrogens with zero attached hydrogens (tertiary/aromatic N) is 1. The number of rotatable bonds is 6. The van der Waals surface area contributed by atoms with Crippen LogP contribution in [0.25, 0.3) is 0 Å². The van der Waals surface area contributed by atoms with Gasteiger partial charge in [-0.3, -0.25) is 4.79 Å². The maximum atomic E-state index is 13.4. The number of amides is 1. The molecule has 0 aromatic heterocycles. The highest BCUT2D eigenvalue weighted by molar-refractivity contribution is 7.91. The lowest BCUT2D eigenvalue weighted by Crippen LogP contribution is -2.42. The fourth-order valence-electron chi connectivity index (χ4n) is 4.77. The van der Waals surface area contributed by atoms with Crippen molar-refractivity contribution in [2.45, 2.75) is 63.8 Å². The molecule has 150 valence electrons. The normalized spacial score (nSPS) is 23.9. The molecule has 1 aromatic rings. The quantitative estimate of drug-likeness (QED) is 0.734. The van der Waals surface area contributed by atoms with Gasteiger partial charge in [0.1, 0.15) is 5.82 Å². The standard InChI is InChI=1S/C21H30FNO3S/c1-2-23(19-12-13-27(25,26)15-19)21(24)14-20(16-6-4-3-5-7-16)17-8-10-18(22)11-9-17/h8-11,16,19-20H,2-7,12-15H2,1H3. The lowest BCUT2D eigenvalue weighted by atomic mass is 9.75. The molecule has 1 heterocycles. The molecule has 27 heavy (non-hydrogen) atoms. The van der Waals surface area contributed by atoms with Gasteiger partial charge in [-0.05, 0) is 55.7 Å². The third-order valence-electron chi connectivity index (χ3n) is 6.22. The Morgan fingerprint density at radius 2 is 1.81 bits per heavy atom. The van der Waals surface area contributed by atoms with Gasteiger partial charge in [-0.15, -0.1) is 0 Å². The molecule has 0 N–H and O–H groups in total. The lowest BCUT2D eigenvalue weighted by molar-refractivity contribution is -0.133. The zero-order valence-electron chi connectivity index (χ0n) is 16.1. The van der Waals surface area contributed by atoms with Crippen LogP contribution in [-0.2, 0) is 14.6 Å². The van der Waals surface area contributed by atoms with E-state index in [1.807, 2.05) is 6.92 Å². The third-order valence-corrected chi connectivity index (χ3v) is 7.97. The summed E-state index contributed by atoms with van der Waals surface area (Å²) in [6.07, 6.45) is 6.69. The molecule has 3 rings (SSSR count). The molecule has 1 saturated carbocycles. The van der Waals surface area contributed by atoms with Gasteiger partial charge < -0.3 is 4.90 Å². The van der Waals surface area contributed by atoms with Crippen LogP contribution >= 0.6 is 0 Å². The first-order chi connectivity index (χ1) is 12.9. The minimum absolute atomic E-state index is 0.0273. The Bertz CT molecular complexity index is 741. The average molecular weight is 396 g/mol. The van der Waals surface area contributed by atoms with Gasteiger partial charge >= 0.3 is 0 Å². The maximum absolute atomic E-state index is 13.4. The largest absolute Gasteiger partial charge is 0.339 e. The summed E-state index contributed by atoms with van der Waals surface area (Å²) < 4.78 is 37.0. The van der Waals surface area contributed by atoms with Gasteiger partial charge in [0.2, 0.25) is 5.91 Å². The molecule has 6 heteroatoms. The SMILES string of the molecule is CCN(C(=O)CC(c1ccc(F)cc1)C1CCCCC1)C1CCS(=O)(=O)C1. The summed E-state index contributed by atoms with van der Waals surface area (Å²) >= 11 is 0. The molecule has 2 fully saturated rings. The number of halogens is 1. The zero-order chi connectivity index (χ0) is 19.4. The van der Waals surface area contributed by atoms with Crippen LogP contribution in [-0.4, -0.2) is 43.3 Å². The second-order valence-electron chi connectivity index (χ2n) is 8.00. The molecule has 0 spiro atoms. The first-order valence-corrected chi connectivity index (χ1v) is 12.0. The Morgan fingerprint density at radius 1 is 1.15 bits per heavy atom. The van der Waals surface area contributed by atoms with Crippen LogP contribution in [0.3, 0.4) is 0 Å². The van der Waals surface area contributed by atoms with Gasteiger partial charge in [-0.2, -0.15) is 0 Å². The number of hydrogen-bond acceptors (Lipinski definition) is 3. The van der Waals surface area contributed by atoms with Crippen molar-refractivity contribution in [2.75, 3.05) is 18.1 Å². The topological polar surface area (TPSA) is 54.5 Å². The van der Waals surface area contributed by atoms with Crippen LogP contribution in [0.5, 0.6) is 0 Å². The molecular weight excluding hydrogens is 365 g/mol. The van der Waals surface area contributed by atoms with Crippen LogP contribution in [0.1, 0.15) is 63.4 Å². The van der Waals surface area contributed by atoms with E-state index in [1.165, 1.54) is 31.4 Å². The van der Waals surface area contributed by atoms with Crippen LogP contribution in [0, 0.1) is 11.7 Å². The van der Waals surface area contributed by atoms with Gasteiger partial charge in [0, 0.05) is 19.0 Å². The fourth-order valence-corrected chi connectivity index (χ4v) is 6.50. The fraction of sp³-hybridized carbons (Fsp3) is 0.667. The van der Waals surface area contributed by atoms with E-state index in [0.29, 0.717) is 25.3 Å². The maximum Gasteiger partial charge on any atom is 0.223 e. The number of hydrogen-bond donors (Lipinski definition) is 0. The summed E-state index contributed by atoms with van der Waals surface area (Å²) in [5, 5.41) is 0. The van der Waals surface area contributed by atoms with E-state index in [4.69, 9.17) is 0 Å². The summed E-state index contributed by atoms with van der Waals surface area (Å²) in [6.45, 7) is 2.44. The molecule has 1 amide bonds. The molecule has 1 aromatic carbocycles. The van der Waals surface area contributed by atoms with E-state index in [1.54, 1.807) is 17.0 Å². The summed E-state index contributed by atoms with van der Waals surface area (Å²) in [4.78, 5) is 14.9. The summed E-state index contributed by atoms with van der Waals surface area (Å²) in [7, 11) is -3.03. The van der Waals surface area contributed by atoms with Crippen LogP contribution in [0.2, 0.25) is 0 Å². The molecule has 2 aliphatic rings. The Hall–Kier alpha value is -1.43. The molecule has 4 nitrogen and oxygen atoms in total. The van der Waals surface area contributed by atoms with Crippen LogP contribution in [0.15, 0.2) is 24.3 Å². The average Bonchev–Trinajstić information content (AvgIpc) is 3.01. The molecule has 2 unspecified atom stereocenters. The van der Waals surface area contributed by atoms with Crippen molar-refractivity contribution < 1.29 is 17.6 Å². The molecular formula is C21H30FNO3S. The van der Waals surface area contributed by atoms with Crippen molar-refractivity contribution >= 4 is 15.7 Å². The van der Waals surface area contributed by atoms with Crippen LogP contribution < -0.4 is 0 Å². The zero-order valence-corrected chi connectivity index (χ0v) is 16.9. The predicted molar refractivity (Wildman–Crippen MR) is 105 cm³/mol. The van der Waals surface area contributed by atoms with E-state index in [9.17, 15) is 17.6 Å². The highest BCUT2D eigenvalue weighted by Crippen LogP contribution is 2.39.